The molecule has 1 aliphatic rings. The Morgan fingerprint density at radius 1 is 0.447 bits per heavy atom. The maximum absolute atomic E-state index is 13.2. The highest BCUT2D eigenvalue weighted by atomic mass is 16.7. The van der Waals surface area contributed by atoms with Gasteiger partial charge < -0.3 is 50.5 Å². The number of amides is 1. The van der Waals surface area contributed by atoms with Gasteiger partial charge in [0.05, 0.1) is 25.4 Å². The molecule has 11 heteroatoms. The molecule has 0 aromatic carbocycles. The van der Waals surface area contributed by atoms with E-state index in [1.54, 1.807) is 0 Å². The molecule has 1 heterocycles. The molecular formula is C65H127NO10. The summed E-state index contributed by atoms with van der Waals surface area (Å²) in [5.74, 6) is -0.695. The van der Waals surface area contributed by atoms with Gasteiger partial charge in [-0.15, -0.1) is 0 Å². The Morgan fingerprint density at radius 2 is 0.763 bits per heavy atom. The van der Waals surface area contributed by atoms with Crippen LogP contribution in [0, 0.1) is 0 Å². The Kier molecular flexibility index (Phi) is 52.2. The molecular weight excluding hydrogens is 955 g/mol. The van der Waals surface area contributed by atoms with Crippen LogP contribution in [0.4, 0.5) is 0 Å². The third-order valence-corrected chi connectivity index (χ3v) is 16.3. The minimum Gasteiger partial charge on any atom is -0.394 e. The van der Waals surface area contributed by atoms with Gasteiger partial charge in [0, 0.05) is 0 Å². The van der Waals surface area contributed by atoms with E-state index in [9.17, 15) is 40.5 Å². The highest BCUT2D eigenvalue weighted by Crippen LogP contribution is 2.24. The molecule has 0 aromatic heterocycles. The van der Waals surface area contributed by atoms with Gasteiger partial charge in [-0.2, -0.15) is 0 Å². The van der Waals surface area contributed by atoms with Gasteiger partial charge in [0.25, 0.3) is 0 Å². The molecule has 0 aromatic rings. The average molecular weight is 1080 g/mol. The molecule has 0 aliphatic carbocycles. The molecule has 0 saturated carbocycles. The molecule has 0 spiro atoms. The minimum atomic E-state index is -1.66. The Labute approximate surface area is 468 Å². The molecule has 9 atom stereocenters. The van der Waals surface area contributed by atoms with Gasteiger partial charge in [-0.25, -0.2) is 0 Å². The summed E-state index contributed by atoms with van der Waals surface area (Å²) in [6.45, 7) is 3.51. The predicted octanol–water partition coefficient (Wildman–Crippen LogP) is 15.1. The second kappa shape index (κ2) is 54.4. The molecule has 0 bridgehead atoms. The van der Waals surface area contributed by atoms with Crippen molar-refractivity contribution < 1.29 is 50.0 Å². The van der Waals surface area contributed by atoms with Gasteiger partial charge in [0.15, 0.2) is 6.29 Å². The number of unbranched alkanes of at least 4 members (excludes halogenated alkanes) is 44. The summed E-state index contributed by atoms with van der Waals surface area (Å²) < 4.78 is 11.2. The zero-order valence-corrected chi connectivity index (χ0v) is 49.8. The van der Waals surface area contributed by atoms with Crippen LogP contribution < -0.4 is 5.32 Å². The van der Waals surface area contributed by atoms with Gasteiger partial charge in [-0.05, 0) is 38.5 Å². The fourth-order valence-electron chi connectivity index (χ4n) is 11.0. The summed E-state index contributed by atoms with van der Waals surface area (Å²) in [5, 5.41) is 76.4. The number of aliphatic hydroxyl groups is 7. The summed E-state index contributed by atoms with van der Waals surface area (Å²) in [6, 6.07) is -1.17. The first-order chi connectivity index (χ1) is 37.2. The number of allylic oxidation sites excluding steroid dienone is 2. The number of aliphatic hydroxyl groups excluding tert-OH is 7. The molecule has 1 aliphatic heterocycles. The van der Waals surface area contributed by atoms with Crippen LogP contribution in [0.15, 0.2) is 12.2 Å². The second-order valence-corrected chi connectivity index (χ2v) is 23.5. The van der Waals surface area contributed by atoms with Crippen molar-refractivity contribution in [2.75, 3.05) is 13.2 Å². The van der Waals surface area contributed by atoms with Crippen LogP contribution in [-0.2, 0) is 14.3 Å². The van der Waals surface area contributed by atoms with Crippen LogP contribution >= 0.6 is 0 Å². The van der Waals surface area contributed by atoms with Gasteiger partial charge in [0.1, 0.15) is 36.6 Å². The molecule has 9 unspecified atom stereocenters. The highest BCUT2D eigenvalue weighted by Gasteiger charge is 2.44. The Morgan fingerprint density at radius 3 is 1.11 bits per heavy atom. The number of carbonyl (C=O) groups excluding carboxylic acids is 1. The predicted molar refractivity (Wildman–Crippen MR) is 316 cm³/mol. The molecule has 1 amide bonds. The Hall–Kier alpha value is -1.15. The zero-order chi connectivity index (χ0) is 55.4. The number of rotatable bonds is 58. The lowest BCUT2D eigenvalue weighted by atomic mass is 9.98. The van der Waals surface area contributed by atoms with Crippen molar-refractivity contribution in [3.63, 3.8) is 0 Å². The van der Waals surface area contributed by atoms with Crippen molar-refractivity contribution in [3.8, 4) is 0 Å². The molecule has 0 radical (unpaired) electrons. The van der Waals surface area contributed by atoms with Crippen LogP contribution in [0.25, 0.3) is 0 Å². The van der Waals surface area contributed by atoms with E-state index >= 15 is 0 Å². The Balaban J connectivity index is 2.23. The van der Waals surface area contributed by atoms with E-state index < -0.39 is 74.2 Å². The quantitative estimate of drug-likeness (QED) is 0.0215. The molecule has 1 saturated heterocycles. The first-order valence-corrected chi connectivity index (χ1v) is 33.1. The number of carbonyl (C=O) groups is 1. The molecule has 452 valence electrons. The highest BCUT2D eigenvalue weighted by molar-refractivity contribution is 5.80. The van der Waals surface area contributed by atoms with Gasteiger partial charge >= 0.3 is 0 Å². The summed E-state index contributed by atoms with van der Waals surface area (Å²) in [5.41, 5.74) is 0. The van der Waals surface area contributed by atoms with E-state index in [0.717, 1.165) is 51.4 Å². The standard InChI is InChI=1S/C65H127NO10/c1-3-5-7-9-11-13-15-17-19-21-23-25-26-27-28-29-30-31-33-34-36-38-40-42-44-46-48-50-52-57(68)60(70)56(55-75-65-63(73)62(72)61(71)59(54-67)76-65)66-64(74)58(69)53-51-49-47-45-43-41-39-37-35-32-24-22-20-18-16-14-12-10-8-6-4-2/h35,37,56-63,65,67-73H,3-34,36,38-55H2,1-2H3,(H,66,74)/b37-35-. The topological polar surface area (TPSA) is 189 Å². The lowest BCUT2D eigenvalue weighted by Crippen LogP contribution is -2.60. The SMILES string of the molecule is CCCCCCCCCCCCC/C=C\CCCCCCCCC(O)C(=O)NC(COC1OC(CO)C(O)C(O)C1O)C(O)C(O)CCCCCCCCCCCCCCCCCCCCCCCCCCCCCC. The molecule has 1 rings (SSSR count). The van der Waals surface area contributed by atoms with Crippen molar-refractivity contribution in [1.82, 2.24) is 5.32 Å². The van der Waals surface area contributed by atoms with Crippen molar-refractivity contribution in [2.24, 2.45) is 0 Å². The van der Waals surface area contributed by atoms with Crippen molar-refractivity contribution >= 4 is 5.91 Å². The third kappa shape index (κ3) is 41.8. The van der Waals surface area contributed by atoms with Crippen LogP contribution in [0.5, 0.6) is 0 Å². The lowest BCUT2D eigenvalue weighted by Gasteiger charge is -2.40. The minimum absolute atomic E-state index is 0.256. The van der Waals surface area contributed by atoms with Crippen LogP contribution in [-0.4, -0.2) is 110 Å². The monoisotopic (exact) mass is 1080 g/mol. The number of nitrogens with one attached hydrogen (secondary N) is 1. The zero-order valence-electron chi connectivity index (χ0n) is 49.8. The largest absolute Gasteiger partial charge is 0.394 e. The maximum Gasteiger partial charge on any atom is 0.249 e. The first kappa shape index (κ1) is 72.9. The van der Waals surface area contributed by atoms with Crippen LogP contribution in [0.1, 0.15) is 328 Å². The van der Waals surface area contributed by atoms with E-state index in [2.05, 4.69) is 31.3 Å². The second-order valence-electron chi connectivity index (χ2n) is 23.5. The van der Waals surface area contributed by atoms with E-state index in [0.29, 0.717) is 19.3 Å². The van der Waals surface area contributed by atoms with E-state index in [-0.39, 0.29) is 6.42 Å². The van der Waals surface area contributed by atoms with Crippen molar-refractivity contribution in [2.45, 2.75) is 384 Å². The summed E-state index contributed by atoms with van der Waals surface area (Å²) in [4.78, 5) is 13.2. The van der Waals surface area contributed by atoms with Crippen molar-refractivity contribution in [3.05, 3.63) is 12.2 Å². The molecule has 76 heavy (non-hydrogen) atoms. The molecule has 11 nitrogen and oxygen atoms in total. The summed E-state index contributed by atoms with van der Waals surface area (Å²) in [6.07, 6.45) is 54.2. The van der Waals surface area contributed by atoms with E-state index in [1.807, 2.05) is 0 Å². The fraction of sp³-hybridized carbons (Fsp3) is 0.954. The first-order valence-electron chi connectivity index (χ1n) is 33.1. The third-order valence-electron chi connectivity index (χ3n) is 16.3. The summed E-state index contributed by atoms with van der Waals surface area (Å²) >= 11 is 0. The van der Waals surface area contributed by atoms with Crippen LogP contribution in [0.3, 0.4) is 0 Å². The average Bonchev–Trinajstić information content (AvgIpc) is 3.42. The molecule has 8 N–H and O–H groups in total. The lowest BCUT2D eigenvalue weighted by molar-refractivity contribution is -0.303. The number of hydrogen-bond donors (Lipinski definition) is 8. The van der Waals surface area contributed by atoms with Gasteiger partial charge in [-0.1, -0.05) is 302 Å². The maximum atomic E-state index is 13.2. The van der Waals surface area contributed by atoms with Crippen molar-refractivity contribution in [1.29, 1.82) is 0 Å². The summed E-state index contributed by atoms with van der Waals surface area (Å²) in [7, 11) is 0. The van der Waals surface area contributed by atoms with E-state index in [1.165, 1.54) is 238 Å². The van der Waals surface area contributed by atoms with Crippen LogP contribution in [0.2, 0.25) is 0 Å². The smallest absolute Gasteiger partial charge is 0.249 e. The number of ether oxygens (including phenoxy) is 2. The fourth-order valence-corrected chi connectivity index (χ4v) is 11.0. The van der Waals surface area contributed by atoms with E-state index in [4.69, 9.17) is 9.47 Å². The number of hydrogen-bond acceptors (Lipinski definition) is 10. The van der Waals surface area contributed by atoms with Gasteiger partial charge in [0.2, 0.25) is 5.91 Å². The Bertz CT molecular complexity index is 1240. The van der Waals surface area contributed by atoms with Gasteiger partial charge in [-0.3, -0.25) is 4.79 Å². The molecule has 1 fully saturated rings. The normalized spacial score (nSPS) is 19.6.